The van der Waals surface area contributed by atoms with Crippen LogP contribution in [0.4, 0.5) is 5.69 Å². The van der Waals surface area contributed by atoms with Gasteiger partial charge in [0.2, 0.25) is 5.91 Å². The van der Waals surface area contributed by atoms with Crippen molar-refractivity contribution < 1.29 is 9.59 Å². The van der Waals surface area contributed by atoms with Crippen molar-refractivity contribution in [3.05, 3.63) is 83.2 Å². The average Bonchev–Trinajstić information content (AvgIpc) is 3.17. The summed E-state index contributed by atoms with van der Waals surface area (Å²) in [6.07, 6.45) is 1.71. The Kier molecular flexibility index (Phi) is 8.08. The highest BCUT2D eigenvalue weighted by Crippen LogP contribution is 2.22. The van der Waals surface area contributed by atoms with E-state index < -0.39 is 6.04 Å². The molecule has 0 saturated heterocycles. The molecule has 0 aliphatic heterocycles. The maximum Gasteiger partial charge on any atom is 0.253 e. The first kappa shape index (κ1) is 23.6. The molecular formula is C23H24ClN5O2S. The first-order valence-corrected chi connectivity index (χ1v) is 11.3. The molecule has 166 valence electrons. The Morgan fingerprint density at radius 2 is 1.91 bits per heavy atom. The molecule has 0 unspecified atom stereocenters. The molecule has 3 rings (SSSR count). The molecule has 1 heterocycles. The van der Waals surface area contributed by atoms with Crippen molar-refractivity contribution in [2.24, 2.45) is 0 Å². The summed E-state index contributed by atoms with van der Waals surface area (Å²) >= 11 is 7.39. The number of allylic oxidation sites excluding steroid dienone is 1. The lowest BCUT2D eigenvalue weighted by Crippen LogP contribution is -2.29. The van der Waals surface area contributed by atoms with E-state index >= 15 is 0 Å². The molecule has 1 aromatic heterocycles. The number of nitrogens with zero attached hydrogens (tertiary/aromatic N) is 3. The number of anilines is 1. The van der Waals surface area contributed by atoms with Crippen LogP contribution in [0, 0.1) is 6.92 Å². The number of aromatic nitrogens is 3. The fraction of sp³-hybridized carbons (Fsp3) is 0.217. The van der Waals surface area contributed by atoms with Crippen LogP contribution < -0.4 is 10.6 Å². The van der Waals surface area contributed by atoms with Gasteiger partial charge in [0, 0.05) is 12.2 Å². The third-order valence-electron chi connectivity index (χ3n) is 4.58. The molecule has 0 fully saturated rings. The summed E-state index contributed by atoms with van der Waals surface area (Å²) < 4.78 is 1.83. The number of nitrogens with one attached hydrogen (secondary N) is 2. The fourth-order valence-electron chi connectivity index (χ4n) is 2.98. The predicted octanol–water partition coefficient (Wildman–Crippen LogP) is 4.65. The lowest BCUT2D eigenvalue weighted by atomic mass is 10.2. The Morgan fingerprint density at radius 1 is 1.19 bits per heavy atom. The van der Waals surface area contributed by atoms with Crippen molar-refractivity contribution in [3.8, 4) is 0 Å². The van der Waals surface area contributed by atoms with Crippen molar-refractivity contribution in [1.82, 2.24) is 20.1 Å². The SMILES string of the molecule is C=CCn1c(SCC(=O)Nc2ccc(C)cc2)nnc1[C@H](C)NC(=O)c1ccccc1Cl. The van der Waals surface area contributed by atoms with Gasteiger partial charge in [-0.2, -0.15) is 0 Å². The lowest BCUT2D eigenvalue weighted by Gasteiger charge is -2.15. The highest BCUT2D eigenvalue weighted by Gasteiger charge is 2.21. The Labute approximate surface area is 196 Å². The van der Waals surface area contributed by atoms with Gasteiger partial charge in [-0.05, 0) is 38.1 Å². The Morgan fingerprint density at radius 3 is 2.59 bits per heavy atom. The summed E-state index contributed by atoms with van der Waals surface area (Å²) in [5, 5.41) is 15.2. The van der Waals surface area contributed by atoms with Crippen LogP contribution in [0.3, 0.4) is 0 Å². The predicted molar refractivity (Wildman–Crippen MR) is 128 cm³/mol. The van der Waals surface area contributed by atoms with Crippen LogP contribution in [0.15, 0.2) is 66.3 Å². The summed E-state index contributed by atoms with van der Waals surface area (Å²) in [4.78, 5) is 24.9. The number of hydrogen-bond acceptors (Lipinski definition) is 5. The minimum atomic E-state index is -0.429. The van der Waals surface area contributed by atoms with Crippen LogP contribution in [0.2, 0.25) is 5.02 Å². The zero-order valence-corrected chi connectivity index (χ0v) is 19.4. The second kappa shape index (κ2) is 11.0. The van der Waals surface area contributed by atoms with E-state index in [9.17, 15) is 9.59 Å². The van der Waals surface area contributed by atoms with Crippen LogP contribution in [-0.4, -0.2) is 32.3 Å². The highest BCUT2D eigenvalue weighted by molar-refractivity contribution is 7.99. The molecule has 1 atom stereocenters. The molecule has 7 nitrogen and oxygen atoms in total. The number of benzene rings is 2. The van der Waals surface area contributed by atoms with E-state index in [0.29, 0.717) is 28.1 Å². The highest BCUT2D eigenvalue weighted by atomic mass is 35.5. The van der Waals surface area contributed by atoms with Gasteiger partial charge in [-0.25, -0.2) is 0 Å². The van der Waals surface area contributed by atoms with Crippen molar-refractivity contribution in [1.29, 1.82) is 0 Å². The summed E-state index contributed by atoms with van der Waals surface area (Å²) in [6, 6.07) is 14.0. The number of amides is 2. The van der Waals surface area contributed by atoms with Crippen LogP contribution in [0.1, 0.15) is 34.7 Å². The maximum absolute atomic E-state index is 12.6. The lowest BCUT2D eigenvalue weighted by molar-refractivity contribution is -0.113. The normalized spacial score (nSPS) is 11.6. The van der Waals surface area contributed by atoms with E-state index in [1.165, 1.54) is 11.8 Å². The molecule has 0 aliphatic rings. The molecule has 0 saturated carbocycles. The Hall–Kier alpha value is -3.10. The number of halogens is 1. The van der Waals surface area contributed by atoms with E-state index in [1.54, 1.807) is 30.3 Å². The van der Waals surface area contributed by atoms with Crippen molar-refractivity contribution in [2.45, 2.75) is 31.6 Å². The first-order valence-electron chi connectivity index (χ1n) is 9.97. The zero-order chi connectivity index (χ0) is 23.1. The molecule has 32 heavy (non-hydrogen) atoms. The Balaban J connectivity index is 1.67. The Bertz CT molecular complexity index is 1110. The summed E-state index contributed by atoms with van der Waals surface area (Å²) in [7, 11) is 0. The van der Waals surface area contributed by atoms with Crippen molar-refractivity contribution in [2.75, 3.05) is 11.1 Å². The van der Waals surface area contributed by atoms with Gasteiger partial charge in [0.25, 0.3) is 5.91 Å². The number of rotatable bonds is 9. The van der Waals surface area contributed by atoms with Gasteiger partial charge >= 0.3 is 0 Å². The summed E-state index contributed by atoms with van der Waals surface area (Å²) in [5.74, 6) is 0.284. The number of thioether (sulfide) groups is 1. The van der Waals surface area contributed by atoms with E-state index in [4.69, 9.17) is 11.6 Å². The van der Waals surface area contributed by atoms with Gasteiger partial charge in [0.05, 0.1) is 22.4 Å². The molecule has 2 aromatic carbocycles. The van der Waals surface area contributed by atoms with Gasteiger partial charge in [-0.1, -0.05) is 59.3 Å². The van der Waals surface area contributed by atoms with Crippen molar-refractivity contribution in [3.63, 3.8) is 0 Å². The van der Waals surface area contributed by atoms with Gasteiger partial charge in [0.1, 0.15) is 0 Å². The largest absolute Gasteiger partial charge is 0.342 e. The summed E-state index contributed by atoms with van der Waals surface area (Å²) in [6.45, 7) is 8.03. The van der Waals surface area contributed by atoms with E-state index in [1.807, 2.05) is 42.7 Å². The fourth-order valence-corrected chi connectivity index (χ4v) is 3.95. The topological polar surface area (TPSA) is 88.9 Å². The third-order valence-corrected chi connectivity index (χ3v) is 5.87. The number of aryl methyl sites for hydroxylation is 1. The molecule has 2 amide bonds. The molecule has 0 aliphatic carbocycles. The molecule has 2 N–H and O–H groups in total. The average molecular weight is 470 g/mol. The minimum Gasteiger partial charge on any atom is -0.342 e. The van der Waals surface area contributed by atoms with Gasteiger partial charge < -0.3 is 15.2 Å². The quantitative estimate of drug-likeness (QED) is 0.352. The molecule has 3 aromatic rings. The summed E-state index contributed by atoms with van der Waals surface area (Å²) in [5.41, 5.74) is 2.25. The van der Waals surface area contributed by atoms with Gasteiger partial charge in [0.15, 0.2) is 11.0 Å². The maximum atomic E-state index is 12.6. The molecule has 0 spiro atoms. The van der Waals surface area contributed by atoms with Crippen LogP contribution in [-0.2, 0) is 11.3 Å². The van der Waals surface area contributed by atoms with E-state index in [0.717, 1.165) is 11.3 Å². The minimum absolute atomic E-state index is 0.145. The first-order chi connectivity index (χ1) is 15.4. The van der Waals surface area contributed by atoms with Crippen LogP contribution in [0.25, 0.3) is 0 Å². The molecular weight excluding hydrogens is 446 g/mol. The number of carbonyl (C=O) groups excluding carboxylic acids is 2. The van der Waals surface area contributed by atoms with Crippen molar-refractivity contribution >= 4 is 40.9 Å². The van der Waals surface area contributed by atoms with E-state index in [2.05, 4.69) is 27.4 Å². The van der Waals surface area contributed by atoms with Gasteiger partial charge in [-0.15, -0.1) is 16.8 Å². The van der Waals surface area contributed by atoms with Gasteiger partial charge in [-0.3, -0.25) is 9.59 Å². The number of hydrogen-bond donors (Lipinski definition) is 2. The van der Waals surface area contributed by atoms with Crippen LogP contribution in [0.5, 0.6) is 0 Å². The third kappa shape index (κ3) is 5.99. The smallest absolute Gasteiger partial charge is 0.253 e. The second-order valence-electron chi connectivity index (χ2n) is 7.12. The standard InChI is InChI=1S/C23H24ClN5O2S/c1-4-13-29-21(16(3)25-22(31)18-7-5-6-8-19(18)24)27-28-23(29)32-14-20(30)26-17-11-9-15(2)10-12-17/h4-12,16H,1,13-14H2,2-3H3,(H,25,31)(H,26,30)/t16-/m0/s1. The molecule has 0 radical (unpaired) electrons. The monoisotopic (exact) mass is 469 g/mol. The molecule has 9 heteroatoms. The second-order valence-corrected chi connectivity index (χ2v) is 8.47. The van der Waals surface area contributed by atoms with Crippen LogP contribution >= 0.6 is 23.4 Å². The zero-order valence-electron chi connectivity index (χ0n) is 17.8. The molecule has 0 bridgehead atoms. The van der Waals surface area contributed by atoms with E-state index in [-0.39, 0.29) is 17.6 Å². The number of carbonyl (C=O) groups is 2.